The van der Waals surface area contributed by atoms with E-state index in [4.69, 9.17) is 0 Å². The Hall–Kier alpha value is -1.82. The van der Waals surface area contributed by atoms with Gasteiger partial charge in [0.15, 0.2) is 0 Å². The van der Waals surface area contributed by atoms with E-state index >= 15 is 0 Å². The van der Waals surface area contributed by atoms with Crippen LogP contribution >= 0.6 is 11.3 Å². The fourth-order valence-corrected chi connectivity index (χ4v) is 2.11. The number of anilines is 1. The first kappa shape index (κ1) is 10.7. The lowest BCUT2D eigenvalue weighted by atomic mass is 10.3. The molecule has 2 rings (SSSR count). The molecule has 82 valence electrons. The molecule has 2 heterocycles. The first-order valence-corrected chi connectivity index (χ1v) is 5.50. The number of aryl methyl sites for hydroxylation is 2. The molecule has 16 heavy (non-hydrogen) atoms. The quantitative estimate of drug-likeness (QED) is 0.860. The summed E-state index contributed by atoms with van der Waals surface area (Å²) in [6.07, 6.45) is 3.03. The summed E-state index contributed by atoms with van der Waals surface area (Å²) < 4.78 is 0. The van der Waals surface area contributed by atoms with E-state index in [1.165, 1.54) is 23.7 Å². The molecule has 0 aliphatic rings. The highest BCUT2D eigenvalue weighted by atomic mass is 32.1. The highest BCUT2D eigenvalue weighted by Crippen LogP contribution is 2.18. The molecular weight excluding hydrogens is 224 g/mol. The number of hydrogen-bond donors (Lipinski definition) is 1. The summed E-state index contributed by atoms with van der Waals surface area (Å²) >= 11 is 1.38. The normalized spacial score (nSPS) is 10.1. The zero-order valence-corrected chi connectivity index (χ0v) is 9.71. The Labute approximate surface area is 96.6 Å². The lowest BCUT2D eigenvalue weighted by Gasteiger charge is -2.01. The maximum absolute atomic E-state index is 11.9. The molecule has 0 aliphatic carbocycles. The summed E-state index contributed by atoms with van der Waals surface area (Å²) in [5.74, 6) is -0.156. The molecule has 2 aromatic rings. The third kappa shape index (κ3) is 2.22. The van der Waals surface area contributed by atoms with Gasteiger partial charge in [-0.25, -0.2) is 4.98 Å². The molecule has 2 aromatic heterocycles. The second kappa shape index (κ2) is 4.36. The number of hydrogen-bond acceptors (Lipinski definition) is 5. The van der Waals surface area contributed by atoms with Gasteiger partial charge in [0.05, 0.1) is 28.8 Å². The fourth-order valence-electron chi connectivity index (χ4n) is 1.29. The zero-order chi connectivity index (χ0) is 11.5. The van der Waals surface area contributed by atoms with Crippen molar-refractivity contribution in [3.05, 3.63) is 34.0 Å². The van der Waals surface area contributed by atoms with Crippen molar-refractivity contribution in [1.29, 1.82) is 0 Å². The van der Waals surface area contributed by atoms with Gasteiger partial charge >= 0.3 is 0 Å². The van der Waals surface area contributed by atoms with E-state index in [2.05, 4.69) is 20.5 Å². The maximum atomic E-state index is 11.9. The maximum Gasteiger partial charge on any atom is 0.267 e. The van der Waals surface area contributed by atoms with Crippen LogP contribution in [0.1, 0.15) is 20.4 Å². The Morgan fingerprint density at radius 2 is 2.19 bits per heavy atom. The minimum atomic E-state index is -0.156. The van der Waals surface area contributed by atoms with Gasteiger partial charge in [-0.3, -0.25) is 4.79 Å². The number of thiazole rings is 1. The highest BCUT2D eigenvalue weighted by Gasteiger charge is 2.13. The molecule has 0 spiro atoms. The van der Waals surface area contributed by atoms with Crippen LogP contribution in [0.3, 0.4) is 0 Å². The van der Waals surface area contributed by atoms with Crippen LogP contribution in [0.25, 0.3) is 0 Å². The Bertz CT molecular complexity index is 509. The molecule has 0 saturated heterocycles. The topological polar surface area (TPSA) is 67.8 Å². The number of aromatic nitrogens is 3. The Morgan fingerprint density at radius 3 is 2.75 bits per heavy atom. The zero-order valence-electron chi connectivity index (χ0n) is 8.89. The van der Waals surface area contributed by atoms with Gasteiger partial charge < -0.3 is 5.32 Å². The second-order valence-electron chi connectivity index (χ2n) is 3.23. The largest absolute Gasteiger partial charge is 0.320 e. The molecular formula is C10H10N4OS. The van der Waals surface area contributed by atoms with Gasteiger partial charge in [0, 0.05) is 0 Å². The Balaban J connectivity index is 2.18. The summed E-state index contributed by atoms with van der Waals surface area (Å²) in [5, 5.41) is 10.9. The van der Waals surface area contributed by atoms with Crippen molar-refractivity contribution in [2.24, 2.45) is 0 Å². The van der Waals surface area contributed by atoms with Crippen LogP contribution in [0.5, 0.6) is 0 Å². The van der Waals surface area contributed by atoms with Gasteiger partial charge in [0.25, 0.3) is 5.91 Å². The molecule has 1 amide bonds. The van der Waals surface area contributed by atoms with Gasteiger partial charge in [0.2, 0.25) is 0 Å². The SMILES string of the molecule is Cc1nc(C)c(C(=O)Nc2ccnnc2)s1. The molecule has 0 saturated carbocycles. The van der Waals surface area contributed by atoms with Gasteiger partial charge in [-0.2, -0.15) is 10.2 Å². The second-order valence-corrected chi connectivity index (χ2v) is 4.44. The van der Waals surface area contributed by atoms with Gasteiger partial charge in [0.1, 0.15) is 4.88 Å². The third-order valence-corrected chi connectivity index (χ3v) is 3.02. The molecule has 0 bridgehead atoms. The molecule has 6 heteroatoms. The minimum absolute atomic E-state index is 0.156. The number of carbonyl (C=O) groups excluding carboxylic acids is 1. The van der Waals surface area contributed by atoms with Crippen LogP contribution in [0.15, 0.2) is 18.5 Å². The summed E-state index contributed by atoms with van der Waals surface area (Å²) in [6, 6.07) is 1.69. The van der Waals surface area contributed by atoms with E-state index < -0.39 is 0 Å². The number of rotatable bonds is 2. The van der Waals surface area contributed by atoms with E-state index in [-0.39, 0.29) is 5.91 Å². The lowest BCUT2D eigenvalue weighted by molar-refractivity contribution is 0.103. The molecule has 0 radical (unpaired) electrons. The number of nitrogens with one attached hydrogen (secondary N) is 1. The molecule has 0 aromatic carbocycles. The van der Waals surface area contributed by atoms with E-state index in [9.17, 15) is 4.79 Å². The Morgan fingerprint density at radius 1 is 1.38 bits per heavy atom. The molecule has 5 nitrogen and oxygen atoms in total. The lowest BCUT2D eigenvalue weighted by Crippen LogP contribution is -2.11. The van der Waals surface area contributed by atoms with Crippen molar-refractivity contribution < 1.29 is 4.79 Å². The van der Waals surface area contributed by atoms with Crippen LogP contribution in [0.2, 0.25) is 0 Å². The molecule has 0 atom stereocenters. The monoisotopic (exact) mass is 234 g/mol. The van der Waals surface area contributed by atoms with Crippen molar-refractivity contribution >= 4 is 22.9 Å². The molecule has 0 unspecified atom stereocenters. The summed E-state index contributed by atoms with van der Waals surface area (Å²) in [6.45, 7) is 3.70. The van der Waals surface area contributed by atoms with Gasteiger partial charge in [-0.05, 0) is 19.9 Å². The van der Waals surface area contributed by atoms with Crippen molar-refractivity contribution in [3.8, 4) is 0 Å². The minimum Gasteiger partial charge on any atom is -0.320 e. The molecule has 1 N–H and O–H groups in total. The highest BCUT2D eigenvalue weighted by molar-refractivity contribution is 7.13. The van der Waals surface area contributed by atoms with Crippen molar-refractivity contribution in [1.82, 2.24) is 15.2 Å². The average molecular weight is 234 g/mol. The van der Waals surface area contributed by atoms with Crippen LogP contribution in [-0.4, -0.2) is 21.1 Å². The number of carbonyl (C=O) groups is 1. The van der Waals surface area contributed by atoms with Crippen molar-refractivity contribution in [2.75, 3.05) is 5.32 Å². The third-order valence-electron chi connectivity index (χ3n) is 1.95. The number of nitrogens with zero attached hydrogens (tertiary/aromatic N) is 3. The standard InChI is InChI=1S/C10H10N4OS/c1-6-9(16-7(2)13-6)10(15)14-8-3-4-11-12-5-8/h3-5H,1-2H3,(H,11,14,15). The van der Waals surface area contributed by atoms with Gasteiger partial charge in [-0.1, -0.05) is 0 Å². The van der Waals surface area contributed by atoms with Gasteiger partial charge in [-0.15, -0.1) is 11.3 Å². The Kier molecular flexibility index (Phi) is 2.91. The predicted octanol–water partition coefficient (Wildman–Crippen LogP) is 1.80. The van der Waals surface area contributed by atoms with E-state index in [1.54, 1.807) is 6.07 Å². The fraction of sp³-hybridized carbons (Fsp3) is 0.200. The van der Waals surface area contributed by atoms with E-state index in [0.29, 0.717) is 10.6 Å². The number of amides is 1. The van der Waals surface area contributed by atoms with E-state index in [0.717, 1.165) is 10.7 Å². The molecule has 0 fully saturated rings. The van der Waals surface area contributed by atoms with Crippen LogP contribution in [-0.2, 0) is 0 Å². The summed E-state index contributed by atoms with van der Waals surface area (Å²) in [5.41, 5.74) is 1.38. The smallest absolute Gasteiger partial charge is 0.267 e. The average Bonchev–Trinajstić information content (AvgIpc) is 2.59. The van der Waals surface area contributed by atoms with Crippen molar-refractivity contribution in [2.45, 2.75) is 13.8 Å². The first-order chi connectivity index (χ1) is 7.66. The molecule has 0 aliphatic heterocycles. The van der Waals surface area contributed by atoms with Crippen molar-refractivity contribution in [3.63, 3.8) is 0 Å². The van der Waals surface area contributed by atoms with Crippen LogP contribution in [0, 0.1) is 13.8 Å². The van der Waals surface area contributed by atoms with E-state index in [1.807, 2.05) is 13.8 Å². The summed E-state index contributed by atoms with van der Waals surface area (Å²) in [7, 11) is 0. The van der Waals surface area contributed by atoms with Crippen LogP contribution < -0.4 is 5.32 Å². The predicted molar refractivity (Wildman–Crippen MR) is 61.6 cm³/mol. The first-order valence-electron chi connectivity index (χ1n) is 4.69. The summed E-state index contributed by atoms with van der Waals surface area (Å²) in [4.78, 5) is 16.7. The van der Waals surface area contributed by atoms with Crippen LogP contribution in [0.4, 0.5) is 5.69 Å².